The number of rotatable bonds is 5. The van der Waals surface area contributed by atoms with Crippen LogP contribution < -0.4 is 4.74 Å². The summed E-state index contributed by atoms with van der Waals surface area (Å²) < 4.78 is 8.80. The lowest BCUT2D eigenvalue weighted by Crippen LogP contribution is -2.07. The molecule has 0 radical (unpaired) electrons. The summed E-state index contributed by atoms with van der Waals surface area (Å²) in [4.78, 5) is 16.4. The van der Waals surface area contributed by atoms with Crippen molar-refractivity contribution in [1.82, 2.24) is 9.55 Å². The van der Waals surface area contributed by atoms with Gasteiger partial charge in [-0.2, -0.15) is 0 Å². The second-order valence-corrected chi connectivity index (χ2v) is 10.9. The van der Waals surface area contributed by atoms with E-state index < -0.39 is 5.97 Å². The number of carboxylic acid groups (broad SMARTS) is 1. The summed E-state index contributed by atoms with van der Waals surface area (Å²) in [5.41, 5.74) is 9.94. The van der Waals surface area contributed by atoms with Gasteiger partial charge in [-0.25, -0.2) is 4.79 Å². The van der Waals surface area contributed by atoms with Gasteiger partial charge in [-0.1, -0.05) is 50.1 Å². The van der Waals surface area contributed by atoms with Crippen LogP contribution in [0.4, 0.5) is 0 Å². The minimum absolute atomic E-state index is 0.319. The molecule has 1 aliphatic heterocycles. The lowest BCUT2D eigenvalue weighted by atomic mass is 9.81. The second kappa shape index (κ2) is 10.2. The van der Waals surface area contributed by atoms with E-state index in [2.05, 4.69) is 48.2 Å². The van der Waals surface area contributed by atoms with Crippen molar-refractivity contribution in [2.24, 2.45) is 0 Å². The van der Waals surface area contributed by atoms with E-state index in [9.17, 15) is 9.90 Å². The summed E-state index contributed by atoms with van der Waals surface area (Å²) in [6, 6.07) is 14.0. The van der Waals surface area contributed by atoms with Gasteiger partial charge in [0.15, 0.2) is 0 Å². The standard InChI is InChI=1S/C34H34N2O3/c1-21-15-16-35-29(19-21)23(3)10-12-26-22(2)9-13-28-32-31(24-7-5-4-6-8-24)27-14-11-25(34(37)38)20-30(27)36(32)17-18-39-33(26)28/h9-16,19-20,24H,3-8,17-18H2,1-2H3,(H,37,38)/b12-10-. The van der Waals surface area contributed by atoms with Crippen LogP contribution in [-0.2, 0) is 6.54 Å². The summed E-state index contributed by atoms with van der Waals surface area (Å²) >= 11 is 0. The Morgan fingerprint density at radius 2 is 1.92 bits per heavy atom. The molecular weight excluding hydrogens is 484 g/mol. The first kappa shape index (κ1) is 25.2. The third-order valence-electron chi connectivity index (χ3n) is 8.29. The summed E-state index contributed by atoms with van der Waals surface area (Å²) in [6.45, 7) is 9.60. The Balaban J connectivity index is 1.53. The highest BCUT2D eigenvalue weighted by Gasteiger charge is 2.30. The van der Waals surface area contributed by atoms with Crippen molar-refractivity contribution in [2.75, 3.05) is 6.61 Å². The molecule has 4 aromatic rings. The molecule has 0 saturated heterocycles. The average molecular weight is 519 g/mol. The molecule has 0 spiro atoms. The Morgan fingerprint density at radius 1 is 1.10 bits per heavy atom. The van der Waals surface area contributed by atoms with Gasteiger partial charge < -0.3 is 14.4 Å². The SMILES string of the molecule is C=C(/C=C\c1c(C)ccc2c1OCCn1c-2c(C2CCCCC2)c2ccc(C(=O)O)cc21)c1cc(C)ccn1. The van der Waals surface area contributed by atoms with Gasteiger partial charge in [-0.05, 0) is 85.2 Å². The monoisotopic (exact) mass is 518 g/mol. The number of aromatic nitrogens is 2. The van der Waals surface area contributed by atoms with E-state index in [1.165, 1.54) is 35.9 Å². The number of ether oxygens (including phenoxy) is 1. The van der Waals surface area contributed by atoms with Gasteiger partial charge in [-0.15, -0.1) is 0 Å². The highest BCUT2D eigenvalue weighted by molar-refractivity contribution is 5.99. The molecule has 5 nitrogen and oxygen atoms in total. The van der Waals surface area contributed by atoms with Crippen LogP contribution in [0.3, 0.4) is 0 Å². The number of carboxylic acids is 1. The molecule has 0 unspecified atom stereocenters. The van der Waals surface area contributed by atoms with E-state index in [1.54, 1.807) is 6.07 Å². The van der Waals surface area contributed by atoms with Gasteiger partial charge in [0.2, 0.25) is 0 Å². The average Bonchev–Trinajstić information content (AvgIpc) is 3.13. The first-order valence-electron chi connectivity index (χ1n) is 13.9. The van der Waals surface area contributed by atoms with Gasteiger partial charge in [0.1, 0.15) is 12.4 Å². The third-order valence-corrected chi connectivity index (χ3v) is 8.29. The maximum Gasteiger partial charge on any atom is 0.335 e. The van der Waals surface area contributed by atoms with Crippen LogP contribution in [0.1, 0.15) is 76.3 Å². The fourth-order valence-electron chi connectivity index (χ4n) is 6.30. The maximum absolute atomic E-state index is 11.9. The number of aromatic carboxylic acids is 1. The van der Waals surface area contributed by atoms with Gasteiger partial charge in [0.05, 0.1) is 23.5 Å². The quantitative estimate of drug-likeness (QED) is 0.271. The lowest BCUT2D eigenvalue weighted by molar-refractivity contribution is 0.0697. The van der Waals surface area contributed by atoms with Crippen molar-refractivity contribution < 1.29 is 14.6 Å². The summed E-state index contributed by atoms with van der Waals surface area (Å²) in [5, 5.41) is 10.9. The predicted octanol–water partition coefficient (Wildman–Crippen LogP) is 8.19. The van der Waals surface area contributed by atoms with Crippen molar-refractivity contribution in [2.45, 2.75) is 58.4 Å². The minimum atomic E-state index is -0.900. The fraction of sp³-hybridized carbons (Fsp3) is 0.294. The van der Waals surface area contributed by atoms with Crippen molar-refractivity contribution in [3.05, 3.63) is 94.8 Å². The largest absolute Gasteiger partial charge is 0.490 e. The molecule has 0 amide bonds. The molecule has 1 aliphatic carbocycles. The van der Waals surface area contributed by atoms with Crippen molar-refractivity contribution >= 4 is 28.5 Å². The molecule has 0 atom stereocenters. The van der Waals surface area contributed by atoms with E-state index in [1.807, 2.05) is 36.5 Å². The number of allylic oxidation sites excluding steroid dienone is 2. The first-order valence-corrected chi connectivity index (χ1v) is 13.9. The normalized spacial score (nSPS) is 15.5. The summed E-state index contributed by atoms with van der Waals surface area (Å²) in [7, 11) is 0. The highest BCUT2D eigenvalue weighted by atomic mass is 16.5. The zero-order valence-corrected chi connectivity index (χ0v) is 22.7. The maximum atomic E-state index is 11.9. The van der Waals surface area contributed by atoms with Crippen LogP contribution in [-0.4, -0.2) is 27.2 Å². The number of hydrogen-bond donors (Lipinski definition) is 1. The van der Waals surface area contributed by atoms with Gasteiger partial charge in [0, 0.05) is 28.2 Å². The molecule has 1 N–H and O–H groups in total. The summed E-state index contributed by atoms with van der Waals surface area (Å²) in [5.74, 6) is 0.434. The number of fused-ring (bicyclic) bond motifs is 5. The fourth-order valence-corrected chi connectivity index (χ4v) is 6.30. The smallest absolute Gasteiger partial charge is 0.335 e. The van der Waals surface area contributed by atoms with Gasteiger partial charge >= 0.3 is 5.97 Å². The number of nitrogens with zero attached hydrogens (tertiary/aromatic N) is 2. The molecule has 5 heteroatoms. The van der Waals surface area contributed by atoms with E-state index in [0.717, 1.165) is 57.6 Å². The van der Waals surface area contributed by atoms with Crippen LogP contribution in [0.5, 0.6) is 5.75 Å². The van der Waals surface area contributed by atoms with Crippen LogP contribution in [0.2, 0.25) is 0 Å². The molecule has 1 fully saturated rings. The molecule has 6 rings (SSSR count). The zero-order chi connectivity index (χ0) is 27.1. The van der Waals surface area contributed by atoms with Gasteiger partial charge in [0.25, 0.3) is 0 Å². The third kappa shape index (κ3) is 4.56. The van der Waals surface area contributed by atoms with Crippen molar-refractivity contribution in [3.63, 3.8) is 0 Å². The topological polar surface area (TPSA) is 64.3 Å². The highest BCUT2D eigenvalue weighted by Crippen LogP contribution is 2.48. The Hall–Kier alpha value is -4.12. The number of aryl methyl sites for hydroxylation is 2. The number of carbonyl (C=O) groups is 1. The van der Waals surface area contributed by atoms with E-state index in [4.69, 9.17) is 4.74 Å². The Morgan fingerprint density at radius 3 is 2.69 bits per heavy atom. The molecular formula is C34H34N2O3. The molecule has 2 aromatic heterocycles. The number of pyridine rings is 1. The molecule has 2 aromatic carbocycles. The lowest BCUT2D eigenvalue weighted by Gasteiger charge is -2.24. The van der Waals surface area contributed by atoms with Crippen molar-refractivity contribution in [3.8, 4) is 17.0 Å². The Bertz CT molecular complexity index is 1640. The molecule has 198 valence electrons. The first-order chi connectivity index (χ1) is 18.9. The van der Waals surface area contributed by atoms with E-state index in [-0.39, 0.29) is 0 Å². The zero-order valence-electron chi connectivity index (χ0n) is 22.7. The number of benzene rings is 2. The summed E-state index contributed by atoms with van der Waals surface area (Å²) in [6.07, 6.45) is 12.0. The number of hydrogen-bond acceptors (Lipinski definition) is 3. The van der Waals surface area contributed by atoms with E-state index in [0.29, 0.717) is 24.6 Å². The molecule has 1 saturated carbocycles. The Kier molecular flexibility index (Phi) is 6.59. The van der Waals surface area contributed by atoms with Crippen molar-refractivity contribution in [1.29, 1.82) is 0 Å². The molecule has 2 aliphatic rings. The Labute approximate surface area is 229 Å². The van der Waals surface area contributed by atoms with Crippen LogP contribution in [0.15, 0.2) is 61.3 Å². The van der Waals surface area contributed by atoms with E-state index >= 15 is 0 Å². The van der Waals surface area contributed by atoms with Crippen LogP contribution in [0, 0.1) is 13.8 Å². The molecule has 3 heterocycles. The second-order valence-electron chi connectivity index (χ2n) is 10.9. The molecule has 0 bridgehead atoms. The molecule has 39 heavy (non-hydrogen) atoms. The van der Waals surface area contributed by atoms with Crippen LogP contribution >= 0.6 is 0 Å². The predicted molar refractivity (Wildman–Crippen MR) is 157 cm³/mol. The minimum Gasteiger partial charge on any atom is -0.490 e. The van der Waals surface area contributed by atoms with Crippen LogP contribution in [0.25, 0.3) is 33.8 Å². The van der Waals surface area contributed by atoms with Gasteiger partial charge in [-0.3, -0.25) is 4.98 Å².